The highest BCUT2D eigenvalue weighted by atomic mass is 32.2. The Morgan fingerprint density at radius 1 is 1.38 bits per heavy atom. The summed E-state index contributed by atoms with van der Waals surface area (Å²) in [7, 11) is 0. The van der Waals surface area contributed by atoms with E-state index in [2.05, 4.69) is 56.6 Å². The van der Waals surface area contributed by atoms with E-state index in [0.717, 1.165) is 26.1 Å². The first-order chi connectivity index (χ1) is 9.91. The number of rotatable bonds is 6. The molecule has 0 aromatic carbocycles. The van der Waals surface area contributed by atoms with Gasteiger partial charge >= 0.3 is 0 Å². The smallest absolute Gasteiger partial charge is 0.185 e. The maximum Gasteiger partial charge on any atom is 0.185 e. The van der Waals surface area contributed by atoms with Gasteiger partial charge < -0.3 is 10.2 Å². The monoisotopic (exact) mass is 327 g/mol. The fourth-order valence-corrected chi connectivity index (χ4v) is 4.75. The van der Waals surface area contributed by atoms with Gasteiger partial charge in [-0.1, -0.05) is 27.2 Å². The van der Waals surface area contributed by atoms with E-state index in [1.807, 2.05) is 11.3 Å². The lowest BCUT2D eigenvalue weighted by Crippen LogP contribution is -2.43. The molecule has 0 amide bonds. The predicted octanol–water partition coefficient (Wildman–Crippen LogP) is 3.93. The van der Waals surface area contributed by atoms with Crippen LogP contribution in [0.25, 0.3) is 0 Å². The highest BCUT2D eigenvalue weighted by molar-refractivity contribution is 8.00. The Morgan fingerprint density at radius 3 is 2.76 bits per heavy atom. The first-order valence-electron chi connectivity index (χ1n) is 8.02. The molecule has 2 heterocycles. The summed E-state index contributed by atoms with van der Waals surface area (Å²) in [5.74, 6) is 1.20. The molecule has 1 aliphatic rings. The summed E-state index contributed by atoms with van der Waals surface area (Å²) in [5, 5.41) is 4.77. The van der Waals surface area contributed by atoms with Gasteiger partial charge in [-0.3, -0.25) is 0 Å². The van der Waals surface area contributed by atoms with Gasteiger partial charge in [-0.05, 0) is 20.3 Å². The summed E-state index contributed by atoms with van der Waals surface area (Å²) in [6.07, 6.45) is 2.26. The van der Waals surface area contributed by atoms with Crippen molar-refractivity contribution in [3.8, 4) is 0 Å². The number of nitrogens with zero attached hydrogens (tertiary/aromatic N) is 2. The molecule has 1 aromatic heterocycles. The van der Waals surface area contributed by atoms with Gasteiger partial charge in [0, 0.05) is 41.1 Å². The van der Waals surface area contributed by atoms with E-state index in [-0.39, 0.29) is 0 Å². The number of aromatic nitrogens is 1. The summed E-state index contributed by atoms with van der Waals surface area (Å²) >= 11 is 3.97. The third kappa shape index (κ3) is 4.86. The Bertz CT molecular complexity index is 454. The molecule has 0 saturated carbocycles. The molecule has 1 saturated heterocycles. The molecule has 21 heavy (non-hydrogen) atoms. The van der Waals surface area contributed by atoms with Crippen LogP contribution in [0.1, 0.15) is 51.6 Å². The van der Waals surface area contributed by atoms with Gasteiger partial charge in [0.2, 0.25) is 0 Å². The standard InChI is InChI=1S/C16H29N3S2/c1-6-7-13-14(10-17-12(2)3)21-15(18-13)19-8-9-20-16(4,5)11-19/h12,17H,6-11H2,1-5H3. The molecule has 0 atom stereocenters. The molecular formula is C16H29N3S2. The minimum atomic E-state index is 0.338. The van der Waals surface area contributed by atoms with Crippen LogP contribution in [0.15, 0.2) is 0 Å². The van der Waals surface area contributed by atoms with Crippen LogP contribution >= 0.6 is 23.1 Å². The van der Waals surface area contributed by atoms with Crippen LogP contribution in [0.4, 0.5) is 5.13 Å². The van der Waals surface area contributed by atoms with E-state index in [4.69, 9.17) is 4.98 Å². The first-order valence-corrected chi connectivity index (χ1v) is 9.82. The number of thioether (sulfide) groups is 1. The van der Waals surface area contributed by atoms with Crippen molar-refractivity contribution >= 4 is 28.2 Å². The zero-order valence-corrected chi connectivity index (χ0v) is 15.7. The van der Waals surface area contributed by atoms with E-state index in [1.165, 1.54) is 27.9 Å². The van der Waals surface area contributed by atoms with Gasteiger partial charge in [-0.2, -0.15) is 11.8 Å². The molecule has 2 rings (SSSR count). The van der Waals surface area contributed by atoms with Crippen LogP contribution in [-0.4, -0.2) is 34.6 Å². The van der Waals surface area contributed by atoms with Gasteiger partial charge in [0.05, 0.1) is 5.69 Å². The van der Waals surface area contributed by atoms with Crippen molar-refractivity contribution in [3.05, 3.63) is 10.6 Å². The van der Waals surface area contributed by atoms with E-state index >= 15 is 0 Å². The van der Waals surface area contributed by atoms with Crippen molar-refractivity contribution in [3.63, 3.8) is 0 Å². The number of anilines is 1. The minimum absolute atomic E-state index is 0.338. The van der Waals surface area contributed by atoms with Gasteiger partial charge in [-0.25, -0.2) is 4.98 Å². The fourth-order valence-electron chi connectivity index (χ4n) is 2.55. The zero-order valence-electron chi connectivity index (χ0n) is 14.0. The lowest BCUT2D eigenvalue weighted by molar-refractivity contribution is 0.589. The third-order valence-corrected chi connectivity index (χ3v) is 6.08. The average molecular weight is 328 g/mol. The van der Waals surface area contributed by atoms with Gasteiger partial charge in [0.1, 0.15) is 0 Å². The Morgan fingerprint density at radius 2 is 2.14 bits per heavy atom. The molecule has 1 N–H and O–H groups in total. The van der Waals surface area contributed by atoms with Crippen molar-refractivity contribution in [2.45, 2.75) is 64.8 Å². The molecule has 0 bridgehead atoms. The maximum atomic E-state index is 4.96. The van der Waals surface area contributed by atoms with E-state index in [0.29, 0.717) is 10.8 Å². The second-order valence-corrected chi connectivity index (χ2v) is 9.55. The molecule has 120 valence electrons. The topological polar surface area (TPSA) is 28.2 Å². The average Bonchev–Trinajstić information content (AvgIpc) is 2.79. The normalized spacial score (nSPS) is 18.5. The molecule has 0 unspecified atom stereocenters. The Balaban J connectivity index is 2.14. The largest absolute Gasteiger partial charge is 0.346 e. The molecule has 1 aliphatic heterocycles. The van der Waals surface area contributed by atoms with E-state index in [1.54, 1.807) is 0 Å². The van der Waals surface area contributed by atoms with Crippen molar-refractivity contribution in [1.29, 1.82) is 0 Å². The predicted molar refractivity (Wildman–Crippen MR) is 96.8 cm³/mol. The Kier molecular flexibility index (Phi) is 5.97. The SMILES string of the molecule is CCCc1nc(N2CCSC(C)(C)C2)sc1CNC(C)C. The fraction of sp³-hybridized carbons (Fsp3) is 0.812. The first kappa shape index (κ1) is 17.1. The molecule has 0 aliphatic carbocycles. The maximum absolute atomic E-state index is 4.96. The highest BCUT2D eigenvalue weighted by Crippen LogP contribution is 2.35. The quantitative estimate of drug-likeness (QED) is 0.857. The van der Waals surface area contributed by atoms with Crippen molar-refractivity contribution in [2.75, 3.05) is 23.7 Å². The molecular weight excluding hydrogens is 298 g/mol. The molecule has 0 spiro atoms. The molecule has 5 heteroatoms. The lowest BCUT2D eigenvalue weighted by Gasteiger charge is -2.37. The van der Waals surface area contributed by atoms with Crippen LogP contribution in [0.2, 0.25) is 0 Å². The van der Waals surface area contributed by atoms with Gasteiger partial charge in [0.15, 0.2) is 5.13 Å². The van der Waals surface area contributed by atoms with Crippen molar-refractivity contribution in [2.24, 2.45) is 0 Å². The second kappa shape index (κ2) is 7.34. The molecule has 1 fully saturated rings. The summed E-state index contributed by atoms with van der Waals surface area (Å²) in [6, 6.07) is 0.523. The Hall–Kier alpha value is -0.260. The minimum Gasteiger partial charge on any atom is -0.346 e. The van der Waals surface area contributed by atoms with E-state index < -0.39 is 0 Å². The third-order valence-electron chi connectivity index (χ3n) is 3.62. The number of aryl methyl sites for hydroxylation is 1. The summed E-state index contributed by atoms with van der Waals surface area (Å²) in [4.78, 5) is 8.88. The number of hydrogen-bond donors (Lipinski definition) is 1. The zero-order chi connectivity index (χ0) is 15.5. The number of hydrogen-bond acceptors (Lipinski definition) is 5. The van der Waals surface area contributed by atoms with Crippen molar-refractivity contribution in [1.82, 2.24) is 10.3 Å². The van der Waals surface area contributed by atoms with Crippen LogP contribution in [0, 0.1) is 0 Å². The van der Waals surface area contributed by atoms with Gasteiger partial charge in [0.25, 0.3) is 0 Å². The summed E-state index contributed by atoms with van der Waals surface area (Å²) in [5.41, 5.74) is 1.31. The molecule has 3 nitrogen and oxygen atoms in total. The molecule has 0 radical (unpaired) electrons. The summed E-state index contributed by atoms with van der Waals surface area (Å²) < 4.78 is 0.338. The second-order valence-electron chi connectivity index (χ2n) is 6.68. The number of nitrogens with one attached hydrogen (secondary N) is 1. The van der Waals surface area contributed by atoms with E-state index in [9.17, 15) is 0 Å². The summed E-state index contributed by atoms with van der Waals surface area (Å²) in [6.45, 7) is 14.5. The van der Waals surface area contributed by atoms with Crippen LogP contribution in [0.3, 0.4) is 0 Å². The van der Waals surface area contributed by atoms with Crippen molar-refractivity contribution < 1.29 is 0 Å². The molecule has 1 aromatic rings. The van der Waals surface area contributed by atoms with Crippen LogP contribution < -0.4 is 10.2 Å². The number of thiazole rings is 1. The highest BCUT2D eigenvalue weighted by Gasteiger charge is 2.29. The Labute approximate surface area is 137 Å². The lowest BCUT2D eigenvalue weighted by atomic mass is 10.2. The van der Waals surface area contributed by atoms with Crippen LogP contribution in [-0.2, 0) is 13.0 Å². The van der Waals surface area contributed by atoms with Crippen LogP contribution in [0.5, 0.6) is 0 Å². The van der Waals surface area contributed by atoms with Gasteiger partial charge in [-0.15, -0.1) is 11.3 Å².